The van der Waals surface area contributed by atoms with Gasteiger partial charge in [-0.1, -0.05) is 0 Å². The first-order chi connectivity index (χ1) is 13.5. The minimum absolute atomic E-state index is 0.281. The van der Waals surface area contributed by atoms with Crippen LogP contribution in [0.4, 0.5) is 13.2 Å². The van der Waals surface area contributed by atoms with E-state index in [0.717, 1.165) is 26.6 Å². The standard InChI is InChI=1S/C21H19BrF3NO3/c1-4-28-19(27)20(2,3)14-9-13-10-17(26-18(13)16(22)11-14)12-5-7-15(8-6-12)29-21(23,24)25/h5-11,26H,4H2,1-3H3. The number of carbonyl (C=O) groups excluding carboxylic acids is 1. The largest absolute Gasteiger partial charge is 0.573 e. The van der Waals surface area contributed by atoms with Gasteiger partial charge in [-0.2, -0.15) is 0 Å². The zero-order valence-electron chi connectivity index (χ0n) is 16.0. The zero-order chi connectivity index (χ0) is 21.4. The molecule has 0 atom stereocenters. The van der Waals surface area contributed by atoms with E-state index in [1.54, 1.807) is 32.9 Å². The number of rotatable bonds is 5. The number of ether oxygens (including phenoxy) is 2. The summed E-state index contributed by atoms with van der Waals surface area (Å²) in [5.74, 6) is -0.598. The molecule has 0 bridgehead atoms. The molecule has 8 heteroatoms. The van der Waals surface area contributed by atoms with Crippen molar-refractivity contribution in [2.75, 3.05) is 6.61 Å². The zero-order valence-corrected chi connectivity index (χ0v) is 17.6. The Morgan fingerprint density at radius 1 is 1.10 bits per heavy atom. The molecule has 0 unspecified atom stereocenters. The van der Waals surface area contributed by atoms with Crippen LogP contribution in [-0.4, -0.2) is 23.9 Å². The maximum Gasteiger partial charge on any atom is 0.573 e. The molecule has 154 valence electrons. The lowest BCUT2D eigenvalue weighted by Gasteiger charge is -2.23. The lowest BCUT2D eigenvalue weighted by Crippen LogP contribution is -2.31. The summed E-state index contributed by atoms with van der Waals surface area (Å²) in [6, 6.07) is 11.3. The molecule has 0 saturated carbocycles. The van der Waals surface area contributed by atoms with E-state index in [9.17, 15) is 18.0 Å². The molecule has 0 amide bonds. The summed E-state index contributed by atoms with van der Waals surface area (Å²) in [6.07, 6.45) is -4.73. The molecule has 3 aromatic rings. The number of fused-ring (bicyclic) bond motifs is 1. The molecule has 1 N–H and O–H groups in total. The Morgan fingerprint density at radius 3 is 2.34 bits per heavy atom. The molecule has 29 heavy (non-hydrogen) atoms. The highest BCUT2D eigenvalue weighted by Gasteiger charge is 2.32. The molecule has 0 aliphatic rings. The van der Waals surface area contributed by atoms with Gasteiger partial charge in [0.25, 0.3) is 0 Å². The molecule has 2 aromatic carbocycles. The number of benzene rings is 2. The van der Waals surface area contributed by atoms with Crippen LogP contribution in [-0.2, 0) is 14.9 Å². The van der Waals surface area contributed by atoms with Crippen LogP contribution < -0.4 is 4.74 Å². The molecule has 0 aliphatic carbocycles. The van der Waals surface area contributed by atoms with Gasteiger partial charge in [0, 0.05) is 15.6 Å². The van der Waals surface area contributed by atoms with Crippen LogP contribution in [0.3, 0.4) is 0 Å². The Balaban J connectivity index is 1.96. The van der Waals surface area contributed by atoms with Gasteiger partial charge in [-0.25, -0.2) is 0 Å². The van der Waals surface area contributed by atoms with Gasteiger partial charge in [-0.15, -0.1) is 13.2 Å². The van der Waals surface area contributed by atoms with Gasteiger partial charge in [0.05, 0.1) is 17.5 Å². The second kappa shape index (κ2) is 7.74. The van der Waals surface area contributed by atoms with E-state index < -0.39 is 11.8 Å². The SMILES string of the molecule is CCOC(=O)C(C)(C)c1cc(Br)c2[nH]c(-c3ccc(OC(F)(F)F)cc3)cc2c1. The monoisotopic (exact) mass is 469 g/mol. The van der Waals surface area contributed by atoms with Gasteiger partial charge in [0.15, 0.2) is 0 Å². The van der Waals surface area contributed by atoms with Gasteiger partial charge in [0.1, 0.15) is 5.75 Å². The molecule has 0 aliphatic heterocycles. The van der Waals surface area contributed by atoms with Crippen molar-refractivity contribution in [3.05, 3.63) is 52.5 Å². The fourth-order valence-corrected chi connectivity index (χ4v) is 3.56. The highest BCUT2D eigenvalue weighted by atomic mass is 79.9. The van der Waals surface area contributed by atoms with Crippen LogP contribution in [0.15, 0.2) is 46.9 Å². The number of nitrogens with one attached hydrogen (secondary N) is 1. The maximum absolute atomic E-state index is 12.3. The minimum Gasteiger partial charge on any atom is -0.465 e. The van der Waals surface area contributed by atoms with E-state index in [0.29, 0.717) is 12.2 Å². The summed E-state index contributed by atoms with van der Waals surface area (Å²) >= 11 is 3.53. The Labute approximate surface area is 174 Å². The van der Waals surface area contributed by atoms with E-state index in [2.05, 4.69) is 25.7 Å². The van der Waals surface area contributed by atoms with Crippen molar-refractivity contribution in [3.8, 4) is 17.0 Å². The second-order valence-electron chi connectivity index (χ2n) is 7.02. The van der Waals surface area contributed by atoms with Gasteiger partial charge in [-0.3, -0.25) is 4.79 Å². The van der Waals surface area contributed by atoms with E-state index in [1.807, 2.05) is 18.2 Å². The van der Waals surface area contributed by atoms with Crippen molar-refractivity contribution in [2.24, 2.45) is 0 Å². The number of hydrogen-bond acceptors (Lipinski definition) is 3. The van der Waals surface area contributed by atoms with Crippen LogP contribution in [0.1, 0.15) is 26.3 Å². The highest BCUT2D eigenvalue weighted by Crippen LogP contribution is 2.35. The first-order valence-electron chi connectivity index (χ1n) is 8.87. The number of aromatic nitrogens is 1. The lowest BCUT2D eigenvalue weighted by atomic mass is 9.84. The van der Waals surface area contributed by atoms with Gasteiger partial charge < -0.3 is 14.5 Å². The van der Waals surface area contributed by atoms with Crippen molar-refractivity contribution in [2.45, 2.75) is 32.5 Å². The van der Waals surface area contributed by atoms with Gasteiger partial charge >= 0.3 is 12.3 Å². The maximum atomic E-state index is 12.3. The number of alkyl halides is 3. The van der Waals surface area contributed by atoms with Crippen LogP contribution >= 0.6 is 15.9 Å². The average Bonchev–Trinajstić information content (AvgIpc) is 3.06. The average molecular weight is 470 g/mol. The van der Waals surface area contributed by atoms with E-state index in [1.165, 1.54) is 12.1 Å². The number of aromatic amines is 1. The number of carbonyl (C=O) groups is 1. The molecule has 3 rings (SSSR count). The van der Waals surface area contributed by atoms with Crippen LogP contribution in [0.25, 0.3) is 22.2 Å². The third-order valence-corrected chi connectivity index (χ3v) is 5.21. The normalized spacial score (nSPS) is 12.2. The molecule has 0 radical (unpaired) electrons. The summed E-state index contributed by atoms with van der Waals surface area (Å²) in [7, 11) is 0. The first kappa shape index (κ1) is 21.2. The third-order valence-electron chi connectivity index (χ3n) is 4.59. The molecule has 0 spiro atoms. The van der Waals surface area contributed by atoms with E-state index >= 15 is 0 Å². The van der Waals surface area contributed by atoms with Crippen molar-refractivity contribution in [3.63, 3.8) is 0 Å². The summed E-state index contributed by atoms with van der Waals surface area (Å²) in [6.45, 7) is 5.65. The number of halogens is 4. The fraction of sp³-hybridized carbons (Fsp3) is 0.286. The Hall–Kier alpha value is -2.48. The Morgan fingerprint density at radius 2 is 1.76 bits per heavy atom. The molecular formula is C21H19BrF3NO3. The summed E-state index contributed by atoms with van der Waals surface area (Å²) in [5, 5.41) is 0.859. The second-order valence-corrected chi connectivity index (χ2v) is 7.88. The predicted octanol–water partition coefficient (Wildman–Crippen LogP) is 6.34. The van der Waals surface area contributed by atoms with Crippen LogP contribution in [0, 0.1) is 0 Å². The number of H-pyrrole nitrogens is 1. The lowest BCUT2D eigenvalue weighted by molar-refractivity contribution is -0.274. The Kier molecular flexibility index (Phi) is 5.67. The van der Waals surface area contributed by atoms with Crippen molar-refractivity contribution < 1.29 is 27.4 Å². The fourth-order valence-electron chi connectivity index (χ4n) is 2.98. The third kappa shape index (κ3) is 4.58. The highest BCUT2D eigenvalue weighted by molar-refractivity contribution is 9.10. The molecule has 0 fully saturated rings. The first-order valence-corrected chi connectivity index (χ1v) is 9.66. The summed E-state index contributed by atoms with van der Waals surface area (Å²) < 4.78 is 46.8. The minimum atomic E-state index is -4.73. The Bertz CT molecular complexity index is 1040. The molecular weight excluding hydrogens is 451 g/mol. The molecule has 1 heterocycles. The smallest absolute Gasteiger partial charge is 0.465 e. The van der Waals surface area contributed by atoms with Crippen molar-refractivity contribution in [1.29, 1.82) is 0 Å². The quantitative estimate of drug-likeness (QED) is 0.443. The number of hydrogen-bond donors (Lipinski definition) is 1. The van der Waals surface area contributed by atoms with Gasteiger partial charge in [-0.05, 0) is 90.3 Å². The molecule has 4 nitrogen and oxygen atoms in total. The number of esters is 1. The van der Waals surface area contributed by atoms with Crippen molar-refractivity contribution >= 4 is 32.8 Å². The van der Waals surface area contributed by atoms with Gasteiger partial charge in [0.2, 0.25) is 0 Å². The molecule has 0 saturated heterocycles. The summed E-state index contributed by atoms with van der Waals surface area (Å²) in [5.41, 5.74) is 2.20. The van der Waals surface area contributed by atoms with E-state index in [-0.39, 0.29) is 11.7 Å². The predicted molar refractivity (Wildman–Crippen MR) is 108 cm³/mol. The van der Waals surface area contributed by atoms with E-state index in [4.69, 9.17) is 4.74 Å². The van der Waals surface area contributed by atoms with Crippen molar-refractivity contribution in [1.82, 2.24) is 4.98 Å². The van der Waals surface area contributed by atoms with Crippen LogP contribution in [0.5, 0.6) is 5.75 Å². The molecule has 1 aromatic heterocycles. The summed E-state index contributed by atoms with van der Waals surface area (Å²) in [4.78, 5) is 15.6. The van der Waals surface area contributed by atoms with Crippen LogP contribution in [0.2, 0.25) is 0 Å². The topological polar surface area (TPSA) is 51.3 Å².